The minimum absolute atomic E-state index is 0.0684. The molecule has 3 atom stereocenters. The van der Waals surface area contributed by atoms with Crippen molar-refractivity contribution in [1.29, 1.82) is 0 Å². The summed E-state index contributed by atoms with van der Waals surface area (Å²) in [6.07, 6.45) is 1.88. The number of carbonyl (C=O) groups excluding carboxylic acids is 2. The highest BCUT2D eigenvalue weighted by Gasteiger charge is 2.30. The fourth-order valence-electron chi connectivity index (χ4n) is 5.44. The molecule has 3 N–H and O–H groups in total. The van der Waals surface area contributed by atoms with Crippen molar-refractivity contribution in [3.63, 3.8) is 0 Å². The Bertz CT molecular complexity index is 1510. The highest BCUT2D eigenvalue weighted by molar-refractivity contribution is 5.96. The van der Waals surface area contributed by atoms with Crippen LogP contribution < -0.4 is 35.6 Å². The number of fused-ring (bicyclic) bond motifs is 3. The molecule has 0 fully saturated rings. The van der Waals surface area contributed by atoms with Gasteiger partial charge >= 0.3 is 0 Å². The summed E-state index contributed by atoms with van der Waals surface area (Å²) in [5.41, 5.74) is 3.73. The van der Waals surface area contributed by atoms with E-state index >= 15 is 0 Å². The van der Waals surface area contributed by atoms with Crippen molar-refractivity contribution >= 4 is 23.2 Å². The highest BCUT2D eigenvalue weighted by Crippen LogP contribution is 2.50. The van der Waals surface area contributed by atoms with Gasteiger partial charge in [0.1, 0.15) is 6.04 Å². The third kappa shape index (κ3) is 6.35. The van der Waals surface area contributed by atoms with Gasteiger partial charge in [0, 0.05) is 18.2 Å². The number of nitrogens with one attached hydrogen (secondary N) is 3. The first-order chi connectivity index (χ1) is 20.2. The number of benzene rings is 2. The fraction of sp³-hybridized carbons (Fsp3) is 0.364. The van der Waals surface area contributed by atoms with Crippen molar-refractivity contribution in [3.05, 3.63) is 75.9 Å². The Morgan fingerprint density at radius 1 is 0.976 bits per heavy atom. The normalized spacial score (nSPS) is 15.1. The lowest BCUT2D eigenvalue weighted by molar-refractivity contribution is -0.120. The largest absolute Gasteiger partial charge is 0.493 e. The van der Waals surface area contributed by atoms with E-state index in [-0.39, 0.29) is 28.8 Å². The molecule has 1 aliphatic rings. The zero-order chi connectivity index (χ0) is 30.4. The molecule has 1 aliphatic carbocycles. The maximum Gasteiger partial charge on any atom is 0.247 e. The minimum Gasteiger partial charge on any atom is -0.493 e. The molecule has 4 rings (SSSR count). The Labute approximate surface area is 246 Å². The molecular weight excluding hydrogens is 534 g/mol. The minimum atomic E-state index is -0.664. The van der Waals surface area contributed by atoms with E-state index in [2.05, 4.69) is 16.0 Å². The molecule has 3 unspecified atom stereocenters. The number of amides is 2. The lowest BCUT2D eigenvalue weighted by Gasteiger charge is -2.24. The van der Waals surface area contributed by atoms with Crippen LogP contribution in [0.4, 0.5) is 11.4 Å². The first-order valence-corrected chi connectivity index (χ1v) is 14.1. The number of para-hydroxylation sites is 1. The number of aryl methyl sites for hydroxylation is 1. The highest BCUT2D eigenvalue weighted by atomic mass is 16.5. The van der Waals surface area contributed by atoms with Crippen LogP contribution >= 0.6 is 0 Å². The summed E-state index contributed by atoms with van der Waals surface area (Å²) in [4.78, 5) is 39.4. The Balaban J connectivity index is 1.87. The summed E-state index contributed by atoms with van der Waals surface area (Å²) in [6, 6.07) is 15.1. The monoisotopic (exact) mass is 573 g/mol. The molecule has 42 heavy (non-hydrogen) atoms. The average Bonchev–Trinajstić information content (AvgIpc) is 3.23. The molecule has 0 bridgehead atoms. The predicted octanol–water partition coefficient (Wildman–Crippen LogP) is 5.33. The second kappa shape index (κ2) is 13.4. The Hall–Kier alpha value is -4.53. The third-order valence-electron chi connectivity index (χ3n) is 7.76. The number of carbonyl (C=O) groups is 2. The predicted molar refractivity (Wildman–Crippen MR) is 165 cm³/mol. The standard InChI is InChI=1S/C33H39N3O6/c1-7-19(2)30(33(39)35-22-11-9-8-10-12-22)36-26-16-14-23-24(18-27(26)38)25(34-20(3)37)15-13-21-17-28(40-4)31(41-5)32(42-6)29(21)23/h8-12,14,16-19,25,30H,7,13,15H2,1-6H3,(H,34,37)(H,35,39)(H,36,38). The maximum atomic E-state index is 13.8. The summed E-state index contributed by atoms with van der Waals surface area (Å²) in [5.74, 6) is 0.934. The molecule has 2 amide bonds. The average molecular weight is 574 g/mol. The van der Waals surface area contributed by atoms with Gasteiger partial charge in [0.15, 0.2) is 11.5 Å². The Morgan fingerprint density at radius 2 is 1.69 bits per heavy atom. The van der Waals surface area contributed by atoms with Crippen molar-refractivity contribution in [1.82, 2.24) is 5.32 Å². The molecule has 0 aromatic heterocycles. The van der Waals surface area contributed by atoms with Gasteiger partial charge in [-0.15, -0.1) is 0 Å². The van der Waals surface area contributed by atoms with Gasteiger partial charge in [-0.1, -0.05) is 44.5 Å². The van der Waals surface area contributed by atoms with Gasteiger partial charge in [-0.3, -0.25) is 14.4 Å². The van der Waals surface area contributed by atoms with Crippen LogP contribution in [0.1, 0.15) is 50.8 Å². The molecule has 3 aromatic carbocycles. The van der Waals surface area contributed by atoms with E-state index in [9.17, 15) is 14.4 Å². The molecule has 3 aromatic rings. The Kier molecular flexibility index (Phi) is 9.72. The van der Waals surface area contributed by atoms with Crippen LogP contribution in [0.15, 0.2) is 59.4 Å². The van der Waals surface area contributed by atoms with E-state index in [0.717, 1.165) is 23.1 Å². The summed E-state index contributed by atoms with van der Waals surface area (Å²) < 4.78 is 17.1. The second-order valence-corrected chi connectivity index (χ2v) is 10.5. The number of anilines is 2. The van der Waals surface area contributed by atoms with Crippen molar-refractivity contribution in [3.8, 4) is 28.4 Å². The van der Waals surface area contributed by atoms with Gasteiger partial charge in [0.05, 0.1) is 33.1 Å². The van der Waals surface area contributed by atoms with Crippen molar-refractivity contribution in [2.45, 2.75) is 52.1 Å². The van der Waals surface area contributed by atoms with E-state index in [4.69, 9.17) is 14.2 Å². The smallest absolute Gasteiger partial charge is 0.247 e. The number of hydrogen-bond acceptors (Lipinski definition) is 7. The molecule has 0 heterocycles. The number of rotatable bonds is 10. The number of ether oxygens (including phenoxy) is 3. The molecule has 0 aliphatic heterocycles. The zero-order valence-corrected chi connectivity index (χ0v) is 25.0. The SMILES string of the molecule is CCC(C)C(Nc1ccc2c(cc1=O)C(NC(C)=O)CCc1cc(OC)c(OC)c(OC)c1-2)C(=O)Nc1ccccc1. The van der Waals surface area contributed by atoms with Crippen LogP contribution in [-0.4, -0.2) is 39.2 Å². The lowest BCUT2D eigenvalue weighted by Crippen LogP contribution is -2.40. The van der Waals surface area contributed by atoms with Crippen molar-refractivity contribution in [2.75, 3.05) is 32.0 Å². The van der Waals surface area contributed by atoms with Crippen LogP contribution in [0.5, 0.6) is 17.2 Å². The van der Waals surface area contributed by atoms with Crippen LogP contribution in [0.3, 0.4) is 0 Å². The zero-order valence-electron chi connectivity index (χ0n) is 25.0. The van der Waals surface area contributed by atoms with Gasteiger partial charge in [-0.25, -0.2) is 0 Å². The van der Waals surface area contributed by atoms with Crippen LogP contribution in [0.2, 0.25) is 0 Å². The van der Waals surface area contributed by atoms with Crippen LogP contribution in [0, 0.1) is 5.92 Å². The van der Waals surface area contributed by atoms with E-state index in [1.807, 2.05) is 56.3 Å². The quantitative estimate of drug-likeness (QED) is 0.300. The molecule has 9 heteroatoms. The summed E-state index contributed by atoms with van der Waals surface area (Å²) in [7, 11) is 4.67. The molecule has 0 radical (unpaired) electrons. The van der Waals surface area contributed by atoms with Gasteiger partial charge in [0.2, 0.25) is 23.0 Å². The molecular formula is C33H39N3O6. The topological polar surface area (TPSA) is 115 Å². The first kappa shape index (κ1) is 30.4. The molecule has 222 valence electrons. The summed E-state index contributed by atoms with van der Waals surface area (Å²) in [5, 5.41) is 9.21. The maximum absolute atomic E-state index is 13.8. The first-order valence-electron chi connectivity index (χ1n) is 14.1. The van der Waals surface area contributed by atoms with E-state index < -0.39 is 12.1 Å². The third-order valence-corrected chi connectivity index (χ3v) is 7.76. The Morgan fingerprint density at radius 3 is 2.31 bits per heavy atom. The van der Waals surface area contributed by atoms with Gasteiger partial charge in [0.25, 0.3) is 0 Å². The number of methoxy groups -OCH3 is 3. The fourth-order valence-corrected chi connectivity index (χ4v) is 5.44. The summed E-state index contributed by atoms with van der Waals surface area (Å²) in [6.45, 7) is 5.43. The van der Waals surface area contributed by atoms with Crippen molar-refractivity contribution in [2.24, 2.45) is 5.92 Å². The molecule has 0 saturated heterocycles. The second-order valence-electron chi connectivity index (χ2n) is 10.5. The molecule has 0 saturated carbocycles. The lowest BCUT2D eigenvalue weighted by atomic mass is 9.95. The van der Waals surface area contributed by atoms with Crippen LogP contribution in [0.25, 0.3) is 11.1 Å². The molecule has 9 nitrogen and oxygen atoms in total. The van der Waals surface area contributed by atoms with E-state index in [1.54, 1.807) is 33.5 Å². The number of hydrogen-bond donors (Lipinski definition) is 3. The van der Waals surface area contributed by atoms with E-state index in [1.165, 1.54) is 6.92 Å². The van der Waals surface area contributed by atoms with Gasteiger partial charge in [-0.2, -0.15) is 0 Å². The van der Waals surface area contributed by atoms with Crippen LogP contribution in [-0.2, 0) is 16.0 Å². The van der Waals surface area contributed by atoms with Gasteiger partial charge in [-0.05, 0) is 65.8 Å². The van der Waals surface area contributed by atoms with E-state index in [0.29, 0.717) is 41.3 Å². The summed E-state index contributed by atoms with van der Waals surface area (Å²) >= 11 is 0. The molecule has 0 spiro atoms. The van der Waals surface area contributed by atoms with Gasteiger partial charge < -0.3 is 30.2 Å². The van der Waals surface area contributed by atoms with Crippen molar-refractivity contribution < 1.29 is 23.8 Å².